The summed E-state index contributed by atoms with van der Waals surface area (Å²) in [6, 6.07) is 5.41. The van der Waals surface area contributed by atoms with Gasteiger partial charge in [0, 0.05) is 6.54 Å². The zero-order valence-corrected chi connectivity index (χ0v) is 12.8. The van der Waals surface area contributed by atoms with E-state index in [9.17, 15) is 9.90 Å². The number of carboxylic acid groups (broad SMARTS) is 1. The Labute approximate surface area is 125 Å². The summed E-state index contributed by atoms with van der Waals surface area (Å²) in [6.45, 7) is 5.38. The number of nitrogens with zero attached hydrogens (tertiary/aromatic N) is 1. The molecular formula is C16H23NO4. The smallest absolute Gasteiger partial charge is 0.320 e. The summed E-state index contributed by atoms with van der Waals surface area (Å²) >= 11 is 0. The molecule has 0 saturated carbocycles. The number of hydrogen-bond donors (Lipinski definition) is 1. The molecule has 21 heavy (non-hydrogen) atoms. The van der Waals surface area contributed by atoms with E-state index < -0.39 is 5.97 Å². The van der Waals surface area contributed by atoms with Crippen molar-refractivity contribution in [2.24, 2.45) is 0 Å². The van der Waals surface area contributed by atoms with Crippen LogP contribution in [0.3, 0.4) is 0 Å². The van der Waals surface area contributed by atoms with E-state index >= 15 is 0 Å². The molecule has 1 aromatic rings. The summed E-state index contributed by atoms with van der Waals surface area (Å²) in [6.07, 6.45) is 1.74. The third-order valence-corrected chi connectivity index (χ3v) is 3.63. The number of ether oxygens (including phenoxy) is 2. The van der Waals surface area contributed by atoms with Crippen LogP contribution in [-0.4, -0.2) is 41.8 Å². The maximum absolute atomic E-state index is 11.2. The normalized spacial score (nSPS) is 19.0. The van der Waals surface area contributed by atoms with Crippen LogP contribution in [0.2, 0.25) is 0 Å². The van der Waals surface area contributed by atoms with E-state index in [2.05, 4.69) is 0 Å². The van der Waals surface area contributed by atoms with Crippen LogP contribution in [0.1, 0.15) is 32.3 Å². The van der Waals surface area contributed by atoms with Crippen molar-refractivity contribution < 1.29 is 19.4 Å². The van der Waals surface area contributed by atoms with Gasteiger partial charge in [-0.2, -0.15) is 0 Å². The molecule has 0 bridgehead atoms. The molecule has 116 valence electrons. The highest BCUT2D eigenvalue weighted by atomic mass is 16.5. The van der Waals surface area contributed by atoms with E-state index in [1.807, 2.05) is 36.9 Å². The van der Waals surface area contributed by atoms with Crippen molar-refractivity contribution >= 4 is 5.97 Å². The largest absolute Gasteiger partial charge is 0.493 e. The van der Waals surface area contributed by atoms with E-state index in [0.29, 0.717) is 18.0 Å². The standard InChI is InChI=1S/C16H23NO4/c1-11(2)21-14-7-6-12(9-15(14)20-3)10-17-8-4-5-13(17)16(18)19/h6-7,9,11,13H,4-5,8,10H2,1-3H3,(H,18,19)/t13-/m1/s1. The van der Waals surface area contributed by atoms with Crippen LogP contribution in [-0.2, 0) is 11.3 Å². The molecule has 1 aliphatic heterocycles. The SMILES string of the molecule is COc1cc(CN2CCC[C@@H]2C(=O)O)ccc1OC(C)C. The monoisotopic (exact) mass is 293 g/mol. The minimum atomic E-state index is -0.737. The average molecular weight is 293 g/mol. The van der Waals surface area contributed by atoms with E-state index in [-0.39, 0.29) is 12.1 Å². The summed E-state index contributed by atoms with van der Waals surface area (Å²) < 4.78 is 11.1. The van der Waals surface area contributed by atoms with Gasteiger partial charge in [-0.25, -0.2) is 0 Å². The molecule has 1 saturated heterocycles. The van der Waals surface area contributed by atoms with Gasteiger partial charge in [0.25, 0.3) is 0 Å². The summed E-state index contributed by atoms with van der Waals surface area (Å²) in [7, 11) is 1.61. The molecule has 0 radical (unpaired) electrons. The van der Waals surface area contributed by atoms with Crippen molar-refractivity contribution in [3.05, 3.63) is 23.8 Å². The summed E-state index contributed by atoms with van der Waals surface area (Å²) in [5.74, 6) is 0.666. The van der Waals surface area contributed by atoms with Gasteiger partial charge in [-0.15, -0.1) is 0 Å². The minimum Gasteiger partial charge on any atom is -0.493 e. The number of methoxy groups -OCH3 is 1. The first-order chi connectivity index (χ1) is 10.0. The number of benzene rings is 1. The van der Waals surface area contributed by atoms with E-state index in [4.69, 9.17) is 9.47 Å². The Morgan fingerprint density at radius 3 is 2.81 bits per heavy atom. The van der Waals surface area contributed by atoms with Crippen LogP contribution < -0.4 is 9.47 Å². The zero-order valence-electron chi connectivity index (χ0n) is 12.8. The van der Waals surface area contributed by atoms with Gasteiger partial charge in [-0.05, 0) is 50.9 Å². The third kappa shape index (κ3) is 3.88. The van der Waals surface area contributed by atoms with Gasteiger partial charge in [-0.3, -0.25) is 9.69 Å². The highest BCUT2D eigenvalue weighted by molar-refractivity contribution is 5.73. The van der Waals surface area contributed by atoms with Gasteiger partial charge < -0.3 is 14.6 Å². The Balaban J connectivity index is 2.12. The zero-order chi connectivity index (χ0) is 15.4. The number of hydrogen-bond acceptors (Lipinski definition) is 4. The lowest BCUT2D eigenvalue weighted by molar-refractivity contribution is -0.142. The maximum Gasteiger partial charge on any atom is 0.320 e. The number of carboxylic acids is 1. The molecule has 2 rings (SSSR count). The fourth-order valence-electron chi connectivity index (χ4n) is 2.69. The Bertz CT molecular complexity index is 501. The molecular weight excluding hydrogens is 270 g/mol. The van der Waals surface area contributed by atoms with Gasteiger partial charge in [0.1, 0.15) is 6.04 Å². The van der Waals surface area contributed by atoms with E-state index in [0.717, 1.165) is 24.9 Å². The predicted molar refractivity (Wildman–Crippen MR) is 79.8 cm³/mol. The van der Waals surface area contributed by atoms with Gasteiger partial charge in [0.15, 0.2) is 11.5 Å². The first-order valence-electron chi connectivity index (χ1n) is 7.31. The Morgan fingerprint density at radius 1 is 1.43 bits per heavy atom. The fraction of sp³-hybridized carbons (Fsp3) is 0.562. The molecule has 5 nitrogen and oxygen atoms in total. The molecule has 5 heteroatoms. The molecule has 0 aliphatic carbocycles. The second-order valence-corrected chi connectivity index (χ2v) is 5.62. The molecule has 0 spiro atoms. The maximum atomic E-state index is 11.2. The molecule has 1 fully saturated rings. The van der Waals surface area contributed by atoms with Gasteiger partial charge in [-0.1, -0.05) is 6.07 Å². The van der Waals surface area contributed by atoms with Crippen molar-refractivity contribution in [2.45, 2.75) is 45.4 Å². The summed E-state index contributed by atoms with van der Waals surface area (Å²) in [4.78, 5) is 13.2. The molecule has 0 aromatic heterocycles. The average Bonchev–Trinajstić information content (AvgIpc) is 2.88. The van der Waals surface area contributed by atoms with Crippen LogP contribution >= 0.6 is 0 Å². The van der Waals surface area contributed by atoms with Crippen LogP contribution in [0.15, 0.2) is 18.2 Å². The molecule has 1 aliphatic rings. The minimum absolute atomic E-state index is 0.0831. The van der Waals surface area contributed by atoms with Crippen molar-refractivity contribution in [1.82, 2.24) is 4.90 Å². The number of carbonyl (C=O) groups is 1. The first-order valence-corrected chi connectivity index (χ1v) is 7.31. The first kappa shape index (κ1) is 15.6. The highest BCUT2D eigenvalue weighted by Gasteiger charge is 2.30. The second kappa shape index (κ2) is 6.80. The van der Waals surface area contributed by atoms with Crippen molar-refractivity contribution in [3.8, 4) is 11.5 Å². The highest BCUT2D eigenvalue weighted by Crippen LogP contribution is 2.30. The topological polar surface area (TPSA) is 59.0 Å². The van der Waals surface area contributed by atoms with Crippen LogP contribution in [0.25, 0.3) is 0 Å². The van der Waals surface area contributed by atoms with Gasteiger partial charge >= 0.3 is 5.97 Å². The lowest BCUT2D eigenvalue weighted by atomic mass is 10.1. The Hall–Kier alpha value is -1.75. The van der Waals surface area contributed by atoms with Gasteiger partial charge in [0.05, 0.1) is 13.2 Å². The predicted octanol–water partition coefficient (Wildman–Crippen LogP) is 2.53. The molecule has 1 aromatic carbocycles. The van der Waals surface area contributed by atoms with Gasteiger partial charge in [0.2, 0.25) is 0 Å². The van der Waals surface area contributed by atoms with Crippen molar-refractivity contribution in [3.63, 3.8) is 0 Å². The number of rotatable bonds is 6. The quantitative estimate of drug-likeness (QED) is 0.873. The van der Waals surface area contributed by atoms with Crippen molar-refractivity contribution in [1.29, 1.82) is 0 Å². The van der Waals surface area contributed by atoms with Crippen molar-refractivity contribution in [2.75, 3.05) is 13.7 Å². The van der Waals surface area contributed by atoms with Crippen LogP contribution in [0.5, 0.6) is 11.5 Å². The van der Waals surface area contributed by atoms with Crippen LogP contribution in [0.4, 0.5) is 0 Å². The summed E-state index contributed by atoms with van der Waals surface area (Å²) in [5.41, 5.74) is 1.04. The molecule has 1 atom stereocenters. The number of aliphatic carboxylic acids is 1. The molecule has 0 amide bonds. The Morgan fingerprint density at radius 2 is 2.19 bits per heavy atom. The Kier molecular flexibility index (Phi) is 5.07. The van der Waals surface area contributed by atoms with E-state index in [1.54, 1.807) is 7.11 Å². The van der Waals surface area contributed by atoms with E-state index in [1.165, 1.54) is 0 Å². The lowest BCUT2D eigenvalue weighted by Gasteiger charge is -2.22. The molecule has 1 heterocycles. The molecule has 1 N–H and O–H groups in total. The molecule has 0 unspecified atom stereocenters. The van der Waals surface area contributed by atoms with Crippen LogP contribution in [0, 0.1) is 0 Å². The third-order valence-electron chi connectivity index (χ3n) is 3.63. The summed E-state index contributed by atoms with van der Waals surface area (Å²) in [5, 5.41) is 9.22. The second-order valence-electron chi connectivity index (χ2n) is 5.62. The number of likely N-dealkylation sites (tertiary alicyclic amines) is 1. The fourth-order valence-corrected chi connectivity index (χ4v) is 2.69. The lowest BCUT2D eigenvalue weighted by Crippen LogP contribution is -2.35.